The molecule has 1 aliphatic rings. The number of halogens is 1. The van der Waals surface area contributed by atoms with E-state index in [-0.39, 0.29) is 24.0 Å². The van der Waals surface area contributed by atoms with Gasteiger partial charge in [0.2, 0.25) is 0 Å². The summed E-state index contributed by atoms with van der Waals surface area (Å²) in [7, 11) is 0. The molecule has 2 aromatic carbocycles. The van der Waals surface area contributed by atoms with Crippen LogP contribution >= 0.6 is 11.6 Å². The maximum atomic E-state index is 13.1. The summed E-state index contributed by atoms with van der Waals surface area (Å²) in [5.41, 5.74) is 1.89. The van der Waals surface area contributed by atoms with E-state index in [2.05, 4.69) is 4.98 Å². The lowest BCUT2D eigenvalue weighted by Gasteiger charge is -2.25. The van der Waals surface area contributed by atoms with Crippen LogP contribution in [0.15, 0.2) is 78.6 Å². The van der Waals surface area contributed by atoms with Crippen LogP contribution in [0.5, 0.6) is 5.75 Å². The molecule has 1 amide bonds. The molecule has 6 nitrogen and oxygen atoms in total. The van der Waals surface area contributed by atoms with Gasteiger partial charge in [0.25, 0.3) is 11.7 Å². The molecule has 0 aliphatic carbocycles. The molecule has 0 saturated carbocycles. The second-order valence-corrected chi connectivity index (χ2v) is 8.47. The summed E-state index contributed by atoms with van der Waals surface area (Å²) < 4.78 is 5.65. The monoisotopic (exact) mass is 462 g/mol. The first kappa shape index (κ1) is 22.6. The fraction of sp³-hybridized carbons (Fsp3) is 0.192. The standard InChI is InChI=1S/C26H23ClN2O4/c1-16(2)33-21-11-7-19(8-12-21)24(30)22-23(18-5-9-20(27)10-6-18)29(26(32)25(22)31)15-17-4-3-13-28-14-17/h3-14,16,23,30H,15H2,1-2H3/t23-/m0/s1. The number of aromatic nitrogens is 1. The maximum Gasteiger partial charge on any atom is 0.295 e. The van der Waals surface area contributed by atoms with E-state index in [1.807, 2.05) is 19.9 Å². The first-order valence-corrected chi connectivity index (χ1v) is 10.9. The Morgan fingerprint density at radius 2 is 1.79 bits per heavy atom. The normalized spacial score (nSPS) is 17.6. The Morgan fingerprint density at radius 1 is 1.09 bits per heavy atom. The number of aliphatic hydroxyl groups excluding tert-OH is 1. The summed E-state index contributed by atoms with van der Waals surface area (Å²) in [5, 5.41) is 11.7. The van der Waals surface area contributed by atoms with Gasteiger partial charge in [0.1, 0.15) is 11.5 Å². The number of amides is 1. The fourth-order valence-corrected chi connectivity index (χ4v) is 3.97. The van der Waals surface area contributed by atoms with Gasteiger partial charge in [0, 0.05) is 29.5 Å². The molecule has 4 rings (SSSR count). The quantitative estimate of drug-likeness (QED) is 0.311. The van der Waals surface area contributed by atoms with Crippen LogP contribution in [-0.2, 0) is 16.1 Å². The van der Waals surface area contributed by atoms with Crippen LogP contribution < -0.4 is 4.74 Å². The van der Waals surface area contributed by atoms with Gasteiger partial charge >= 0.3 is 0 Å². The third-order valence-electron chi connectivity index (χ3n) is 5.30. The first-order valence-electron chi connectivity index (χ1n) is 10.5. The zero-order valence-electron chi connectivity index (χ0n) is 18.2. The molecule has 1 fully saturated rings. The van der Waals surface area contributed by atoms with Crippen molar-refractivity contribution >= 4 is 29.1 Å². The Hall–Kier alpha value is -3.64. The minimum atomic E-state index is -0.769. The third kappa shape index (κ3) is 4.76. The molecule has 0 radical (unpaired) electrons. The van der Waals surface area contributed by atoms with Crippen LogP contribution in [0.25, 0.3) is 5.76 Å². The van der Waals surface area contributed by atoms with E-state index in [1.54, 1.807) is 67.0 Å². The SMILES string of the molecule is CC(C)Oc1ccc(C(O)=C2C(=O)C(=O)N(Cc3cccnc3)[C@H]2c2ccc(Cl)cc2)cc1. The molecule has 1 aliphatic heterocycles. The molecule has 0 spiro atoms. The van der Waals surface area contributed by atoms with Gasteiger partial charge in [-0.25, -0.2) is 0 Å². The number of rotatable bonds is 6. The molecule has 0 bridgehead atoms. The van der Waals surface area contributed by atoms with E-state index < -0.39 is 17.7 Å². The van der Waals surface area contributed by atoms with Gasteiger partial charge < -0.3 is 14.7 Å². The minimum Gasteiger partial charge on any atom is -0.507 e. The van der Waals surface area contributed by atoms with Gasteiger partial charge in [-0.15, -0.1) is 0 Å². The van der Waals surface area contributed by atoms with Crippen LogP contribution in [0.1, 0.15) is 36.6 Å². The molecule has 2 heterocycles. The minimum absolute atomic E-state index is 0.00662. The highest BCUT2D eigenvalue weighted by molar-refractivity contribution is 6.46. The summed E-state index contributed by atoms with van der Waals surface area (Å²) in [4.78, 5) is 31.7. The second kappa shape index (κ2) is 9.46. The molecule has 1 N–H and O–H groups in total. The largest absolute Gasteiger partial charge is 0.507 e. The summed E-state index contributed by atoms with van der Waals surface area (Å²) in [6.07, 6.45) is 3.29. The zero-order valence-corrected chi connectivity index (χ0v) is 19.0. The number of ketones is 1. The fourth-order valence-electron chi connectivity index (χ4n) is 3.84. The van der Waals surface area contributed by atoms with E-state index in [0.29, 0.717) is 21.9 Å². The number of likely N-dealkylation sites (tertiary alicyclic amines) is 1. The number of carbonyl (C=O) groups excluding carboxylic acids is 2. The van der Waals surface area contributed by atoms with Crippen molar-refractivity contribution < 1.29 is 19.4 Å². The highest BCUT2D eigenvalue weighted by atomic mass is 35.5. The molecule has 1 saturated heterocycles. The van der Waals surface area contributed by atoms with Gasteiger partial charge in [-0.1, -0.05) is 29.8 Å². The summed E-state index contributed by atoms with van der Waals surface area (Å²) >= 11 is 6.06. The highest BCUT2D eigenvalue weighted by Crippen LogP contribution is 2.40. The molecule has 7 heteroatoms. The number of Topliss-reactive ketones (excluding diaryl/α,β-unsaturated/α-hetero) is 1. The van der Waals surface area contributed by atoms with Crippen LogP contribution in [0, 0.1) is 0 Å². The molecule has 168 valence electrons. The number of pyridine rings is 1. The van der Waals surface area contributed by atoms with Gasteiger partial charge in [-0.05, 0) is 67.4 Å². The van der Waals surface area contributed by atoms with Gasteiger partial charge in [-0.3, -0.25) is 14.6 Å². The topological polar surface area (TPSA) is 79.7 Å². The lowest BCUT2D eigenvalue weighted by molar-refractivity contribution is -0.140. The van der Waals surface area contributed by atoms with E-state index in [4.69, 9.17) is 16.3 Å². The number of ether oxygens (including phenoxy) is 1. The lowest BCUT2D eigenvalue weighted by Crippen LogP contribution is -2.29. The predicted octanol–water partition coefficient (Wildman–Crippen LogP) is 5.14. The van der Waals surface area contributed by atoms with E-state index in [1.165, 1.54) is 4.90 Å². The maximum absolute atomic E-state index is 13.1. The Labute approximate surface area is 197 Å². The van der Waals surface area contributed by atoms with E-state index >= 15 is 0 Å². The van der Waals surface area contributed by atoms with Crippen molar-refractivity contribution in [2.75, 3.05) is 0 Å². The molecule has 1 atom stereocenters. The average molecular weight is 463 g/mol. The van der Waals surface area contributed by atoms with Crippen LogP contribution in [0.3, 0.4) is 0 Å². The van der Waals surface area contributed by atoms with E-state index in [9.17, 15) is 14.7 Å². The van der Waals surface area contributed by atoms with Crippen molar-refractivity contribution in [2.45, 2.75) is 32.5 Å². The molecule has 0 unspecified atom stereocenters. The second-order valence-electron chi connectivity index (χ2n) is 8.03. The zero-order chi connectivity index (χ0) is 23.5. The molecular weight excluding hydrogens is 440 g/mol. The third-order valence-corrected chi connectivity index (χ3v) is 5.55. The van der Waals surface area contributed by atoms with Crippen molar-refractivity contribution in [3.05, 3.63) is 100 Å². The average Bonchev–Trinajstić information content (AvgIpc) is 3.05. The predicted molar refractivity (Wildman–Crippen MR) is 126 cm³/mol. The van der Waals surface area contributed by atoms with Crippen LogP contribution in [-0.4, -0.2) is 32.8 Å². The Bertz CT molecular complexity index is 1190. The number of benzene rings is 2. The van der Waals surface area contributed by atoms with Crippen LogP contribution in [0.4, 0.5) is 0 Å². The number of hydrogen-bond donors (Lipinski definition) is 1. The summed E-state index contributed by atoms with van der Waals surface area (Å²) in [6, 6.07) is 16.5. The Kier molecular flexibility index (Phi) is 6.47. The number of hydrogen-bond acceptors (Lipinski definition) is 5. The smallest absolute Gasteiger partial charge is 0.295 e. The van der Waals surface area contributed by atoms with Crippen molar-refractivity contribution in [1.82, 2.24) is 9.88 Å². The summed E-state index contributed by atoms with van der Waals surface area (Å²) in [6.45, 7) is 4.01. The Morgan fingerprint density at radius 3 is 2.39 bits per heavy atom. The van der Waals surface area contributed by atoms with Gasteiger partial charge in [0.15, 0.2) is 0 Å². The highest BCUT2D eigenvalue weighted by Gasteiger charge is 2.46. The lowest BCUT2D eigenvalue weighted by atomic mass is 9.95. The van der Waals surface area contributed by atoms with Crippen molar-refractivity contribution in [3.8, 4) is 5.75 Å². The Balaban J connectivity index is 1.79. The number of carbonyl (C=O) groups is 2. The van der Waals surface area contributed by atoms with Crippen molar-refractivity contribution in [3.63, 3.8) is 0 Å². The number of aliphatic hydroxyl groups is 1. The number of nitrogens with zero attached hydrogens (tertiary/aromatic N) is 2. The summed E-state index contributed by atoms with van der Waals surface area (Å²) in [5.74, 6) is -1.01. The van der Waals surface area contributed by atoms with Gasteiger partial charge in [-0.2, -0.15) is 0 Å². The van der Waals surface area contributed by atoms with Crippen molar-refractivity contribution in [1.29, 1.82) is 0 Å². The van der Waals surface area contributed by atoms with E-state index in [0.717, 1.165) is 5.56 Å². The molecule has 3 aromatic rings. The molecule has 33 heavy (non-hydrogen) atoms. The first-order chi connectivity index (χ1) is 15.8. The van der Waals surface area contributed by atoms with Gasteiger partial charge in [0.05, 0.1) is 17.7 Å². The molecular formula is C26H23ClN2O4. The van der Waals surface area contributed by atoms with Crippen molar-refractivity contribution in [2.24, 2.45) is 0 Å². The molecule has 1 aromatic heterocycles. The van der Waals surface area contributed by atoms with Crippen LogP contribution in [0.2, 0.25) is 5.02 Å².